The Hall–Kier alpha value is 3.81. The fraction of sp³-hybridized carbons (Fsp3) is 0.895. The fourth-order valence-electron chi connectivity index (χ4n) is 1.70. The molecule has 0 radical (unpaired) electrons. The average Bonchev–Trinajstić information content (AvgIpc) is 2.86. The Morgan fingerprint density at radius 2 is 1.06 bits per heavy atom. The van der Waals surface area contributed by atoms with Gasteiger partial charge in [0.2, 0.25) is 0 Å². The van der Waals surface area contributed by atoms with Gasteiger partial charge in [0, 0.05) is 51.5 Å². The van der Waals surface area contributed by atoms with Crippen molar-refractivity contribution in [3.8, 4) is 0 Å². The van der Waals surface area contributed by atoms with Crippen molar-refractivity contribution in [1.29, 1.82) is 0 Å². The number of aliphatic hydroxyl groups is 1. The van der Waals surface area contributed by atoms with Gasteiger partial charge in [0.25, 0.3) is 0 Å². The van der Waals surface area contributed by atoms with Gasteiger partial charge in [-0.05, 0) is 17.6 Å². The van der Waals surface area contributed by atoms with Crippen LogP contribution < -0.4 is 0 Å². The van der Waals surface area contributed by atoms with E-state index in [1.807, 2.05) is 47.0 Å². The van der Waals surface area contributed by atoms with E-state index < -0.39 is 11.2 Å². The Kier molecular flexibility index (Phi) is 36.8. The smallest absolute Gasteiger partial charge is 0.199 e. The average molecular weight is 745 g/mol. The predicted molar refractivity (Wildman–Crippen MR) is 195 cm³/mol. The fourth-order valence-corrected chi connectivity index (χ4v) is 17.3. The molecular formula is C19H36O4S13. The third kappa shape index (κ3) is 32.3. The standard InChI is InChI=1S/C19H36O4S13/c1-2-5-36(23)17-33-14-30-12-29-13-32-16-35-19(22)7-26-10-28-11-27-9-25-6-18(21)34-15-31-8-24-4-3-20/h20H,2-17H2,1H3. The van der Waals surface area contributed by atoms with Crippen LogP contribution >= 0.6 is 141 Å². The third-order valence-corrected chi connectivity index (χ3v) is 20.0. The van der Waals surface area contributed by atoms with E-state index in [1.54, 1.807) is 70.6 Å². The minimum Gasteiger partial charge on any atom is -0.616 e. The molecule has 0 amide bonds. The number of hydrogen-bond donors (Lipinski definition) is 1. The number of carbonyl (C=O) groups excluding carboxylic acids is 2. The molecule has 0 bridgehead atoms. The van der Waals surface area contributed by atoms with Gasteiger partial charge in [-0.2, -0.15) is 0 Å². The molecule has 0 fully saturated rings. The SMILES string of the molecule is CCC[S+]([O-])CSCSCSCSCSC(=O)CSCSCSCSCC(=O)SCSCSCCO. The van der Waals surface area contributed by atoms with Crippen molar-refractivity contribution in [2.75, 3.05) is 80.5 Å². The van der Waals surface area contributed by atoms with Crippen LogP contribution in [-0.4, -0.2) is 100 Å². The van der Waals surface area contributed by atoms with Crippen molar-refractivity contribution in [3.05, 3.63) is 0 Å². The monoisotopic (exact) mass is 744 g/mol. The lowest BCUT2D eigenvalue weighted by Crippen LogP contribution is -2.07. The number of carbonyl (C=O) groups is 2. The summed E-state index contributed by atoms with van der Waals surface area (Å²) >= 11 is 19.9. The van der Waals surface area contributed by atoms with Gasteiger partial charge in [-0.3, -0.25) is 9.59 Å². The normalized spacial score (nSPS) is 12.2. The van der Waals surface area contributed by atoms with Crippen molar-refractivity contribution in [2.24, 2.45) is 0 Å². The van der Waals surface area contributed by atoms with Crippen LogP contribution in [0.4, 0.5) is 0 Å². The first-order valence-corrected chi connectivity index (χ1v) is 25.6. The van der Waals surface area contributed by atoms with E-state index in [2.05, 4.69) is 6.92 Å². The van der Waals surface area contributed by atoms with Crippen molar-refractivity contribution in [3.63, 3.8) is 0 Å². The molecule has 17 heteroatoms. The van der Waals surface area contributed by atoms with E-state index in [1.165, 1.54) is 23.5 Å². The van der Waals surface area contributed by atoms with Crippen LogP contribution in [-0.2, 0) is 20.8 Å². The van der Waals surface area contributed by atoms with Gasteiger partial charge < -0.3 is 9.66 Å². The van der Waals surface area contributed by atoms with Gasteiger partial charge >= 0.3 is 0 Å². The molecule has 0 heterocycles. The summed E-state index contributed by atoms with van der Waals surface area (Å²) in [7, 11) is 0. The highest BCUT2D eigenvalue weighted by molar-refractivity contribution is 8.31. The minimum atomic E-state index is -0.663. The summed E-state index contributed by atoms with van der Waals surface area (Å²) in [4.78, 5) is 23.8. The summed E-state index contributed by atoms with van der Waals surface area (Å²) in [5, 5.41) is 18.4. The Balaban J connectivity index is 3.27. The van der Waals surface area contributed by atoms with Gasteiger partial charge in [0.1, 0.15) is 5.75 Å². The lowest BCUT2D eigenvalue weighted by Gasteiger charge is -2.08. The highest BCUT2D eigenvalue weighted by Gasteiger charge is 2.06. The van der Waals surface area contributed by atoms with E-state index in [0.29, 0.717) is 11.5 Å². The van der Waals surface area contributed by atoms with Crippen LogP contribution in [0.2, 0.25) is 0 Å². The summed E-state index contributed by atoms with van der Waals surface area (Å²) in [5.41, 5.74) is 0. The largest absolute Gasteiger partial charge is 0.616 e. The Morgan fingerprint density at radius 1 is 0.639 bits per heavy atom. The van der Waals surface area contributed by atoms with Crippen LogP contribution in [0.1, 0.15) is 13.3 Å². The second-order valence-electron chi connectivity index (χ2n) is 6.11. The zero-order valence-corrected chi connectivity index (χ0v) is 30.9. The maximum Gasteiger partial charge on any atom is 0.199 e. The zero-order chi connectivity index (χ0) is 26.5. The van der Waals surface area contributed by atoms with E-state index in [9.17, 15) is 14.1 Å². The summed E-state index contributed by atoms with van der Waals surface area (Å²) < 4.78 is 11.5. The third-order valence-electron chi connectivity index (χ3n) is 3.10. The van der Waals surface area contributed by atoms with E-state index in [-0.39, 0.29) is 16.8 Å². The molecule has 0 spiro atoms. The number of thioether (sulfide) groups is 12. The molecule has 0 aliphatic heterocycles. The molecular weight excluding hydrogens is 709 g/mol. The summed E-state index contributed by atoms with van der Waals surface area (Å²) in [5.74, 6) is 2.70. The second kappa shape index (κ2) is 33.3. The molecule has 0 aromatic heterocycles. The lowest BCUT2D eigenvalue weighted by atomic mass is 10.6. The maximum absolute atomic E-state index is 12.0. The molecule has 0 saturated carbocycles. The van der Waals surface area contributed by atoms with Gasteiger partial charge in [0.05, 0.1) is 18.1 Å². The van der Waals surface area contributed by atoms with Crippen LogP contribution in [0.3, 0.4) is 0 Å². The zero-order valence-electron chi connectivity index (χ0n) is 20.3. The molecule has 214 valence electrons. The van der Waals surface area contributed by atoms with E-state index >= 15 is 0 Å². The van der Waals surface area contributed by atoms with Gasteiger partial charge in [-0.25, -0.2) is 0 Å². The van der Waals surface area contributed by atoms with Crippen molar-refractivity contribution < 1.29 is 19.2 Å². The van der Waals surface area contributed by atoms with Crippen LogP contribution in [0.5, 0.6) is 0 Å². The highest BCUT2D eigenvalue weighted by Crippen LogP contribution is 2.26. The summed E-state index contributed by atoms with van der Waals surface area (Å²) in [6.45, 7) is 2.28. The maximum atomic E-state index is 12.0. The summed E-state index contributed by atoms with van der Waals surface area (Å²) in [6, 6.07) is 0. The van der Waals surface area contributed by atoms with Crippen molar-refractivity contribution in [2.45, 2.75) is 13.3 Å². The van der Waals surface area contributed by atoms with E-state index in [0.717, 1.165) is 68.8 Å². The molecule has 1 N–H and O–H groups in total. The highest BCUT2D eigenvalue weighted by atomic mass is 32.3. The van der Waals surface area contributed by atoms with Gasteiger partial charge in [-0.15, -0.1) is 106 Å². The minimum absolute atomic E-state index is 0.213. The van der Waals surface area contributed by atoms with Gasteiger partial charge in [0.15, 0.2) is 15.3 Å². The predicted octanol–water partition coefficient (Wildman–Crippen LogP) is 7.56. The first kappa shape index (κ1) is 39.8. The summed E-state index contributed by atoms with van der Waals surface area (Å²) in [6.07, 6.45) is 0.989. The van der Waals surface area contributed by atoms with Crippen LogP contribution in [0.25, 0.3) is 0 Å². The van der Waals surface area contributed by atoms with E-state index in [4.69, 9.17) is 5.11 Å². The topological polar surface area (TPSA) is 77.4 Å². The lowest BCUT2D eigenvalue weighted by molar-refractivity contribution is -0.109. The number of hydrogen-bond acceptors (Lipinski definition) is 16. The van der Waals surface area contributed by atoms with Gasteiger partial charge in [-0.1, -0.05) is 42.2 Å². The first-order chi connectivity index (χ1) is 17.6. The molecule has 0 aliphatic rings. The quantitative estimate of drug-likeness (QED) is 0.0486. The molecule has 36 heavy (non-hydrogen) atoms. The Bertz CT molecular complexity index is 508. The van der Waals surface area contributed by atoms with Crippen molar-refractivity contribution in [1.82, 2.24) is 0 Å². The first-order valence-electron chi connectivity index (χ1n) is 10.6. The number of aliphatic hydroxyl groups excluding tert-OH is 1. The Labute approximate surface area is 272 Å². The van der Waals surface area contributed by atoms with Crippen molar-refractivity contribution >= 4 is 163 Å². The molecule has 0 aromatic rings. The molecule has 0 saturated heterocycles. The molecule has 0 rings (SSSR count). The second-order valence-corrected chi connectivity index (χ2v) is 23.4. The number of rotatable bonds is 28. The molecule has 1 unspecified atom stereocenters. The Morgan fingerprint density at radius 3 is 1.53 bits per heavy atom. The molecule has 4 nitrogen and oxygen atoms in total. The molecule has 0 aliphatic carbocycles. The van der Waals surface area contributed by atoms with Crippen LogP contribution in [0, 0.1) is 0 Å². The molecule has 0 aromatic carbocycles. The molecule has 1 atom stereocenters. The van der Waals surface area contributed by atoms with Crippen LogP contribution in [0.15, 0.2) is 0 Å².